The number of allylic oxidation sites excluding steroid dienone is 1. The highest BCUT2D eigenvalue weighted by Crippen LogP contribution is 2.38. The number of nitrogens with two attached hydrogens (primary N) is 1. The fourth-order valence-electron chi connectivity index (χ4n) is 2.04. The molecule has 19 heavy (non-hydrogen) atoms. The van der Waals surface area contributed by atoms with Crippen LogP contribution in [0.2, 0.25) is 0 Å². The number of rotatable bonds is 1. The number of halogens is 1. The molecule has 0 spiro atoms. The fraction of sp³-hybridized carbons (Fsp3) is 0.0769. The van der Waals surface area contributed by atoms with Gasteiger partial charge >= 0.3 is 0 Å². The first-order chi connectivity index (χ1) is 9.08. The monoisotopic (exact) mass is 318 g/mol. The summed E-state index contributed by atoms with van der Waals surface area (Å²) in [6.45, 7) is 0. The summed E-state index contributed by atoms with van der Waals surface area (Å²) in [6, 6.07) is 5.83. The van der Waals surface area contributed by atoms with E-state index in [4.69, 9.17) is 5.73 Å². The normalized spacial score (nSPS) is 15.2. The number of aromatic hydroxyl groups is 1. The van der Waals surface area contributed by atoms with Gasteiger partial charge in [-0.05, 0) is 18.2 Å². The minimum atomic E-state index is -0.0820. The number of hydrogen-bond donors (Lipinski definition) is 2. The zero-order chi connectivity index (χ0) is 13.6. The van der Waals surface area contributed by atoms with Gasteiger partial charge in [-0.2, -0.15) is 4.98 Å². The van der Waals surface area contributed by atoms with Crippen LogP contribution < -0.4 is 5.73 Å². The highest BCUT2D eigenvalue weighted by Gasteiger charge is 2.17. The maximum absolute atomic E-state index is 9.78. The maximum Gasteiger partial charge on any atom is 0.238 e. The second-order valence-electron chi connectivity index (χ2n) is 4.23. The van der Waals surface area contributed by atoms with E-state index in [0.717, 1.165) is 21.3 Å². The smallest absolute Gasteiger partial charge is 0.238 e. The third-order valence-corrected chi connectivity index (χ3v) is 3.73. The Labute approximate surface area is 118 Å². The molecule has 3 N–H and O–H groups in total. The Morgan fingerprint density at radius 2 is 2.21 bits per heavy atom. The highest BCUT2D eigenvalue weighted by molar-refractivity contribution is 9.10. The van der Waals surface area contributed by atoms with Crippen LogP contribution in [0.3, 0.4) is 0 Å². The average molecular weight is 319 g/mol. The Bertz CT molecular complexity index is 730. The molecule has 0 bridgehead atoms. The van der Waals surface area contributed by atoms with Crippen LogP contribution in [0.4, 0.5) is 11.6 Å². The highest BCUT2D eigenvalue weighted by atomic mass is 79.9. The lowest BCUT2D eigenvalue weighted by Crippen LogP contribution is -1.98. The fourth-order valence-corrected chi connectivity index (χ4v) is 2.63. The number of nitrogens with zero attached hydrogens (tertiary/aromatic N) is 3. The van der Waals surface area contributed by atoms with Gasteiger partial charge in [0.1, 0.15) is 5.69 Å². The summed E-state index contributed by atoms with van der Waals surface area (Å²) in [6.07, 6.45) is 3.58. The lowest BCUT2D eigenvalue weighted by atomic mass is 10.1. The number of aromatic nitrogens is 2. The van der Waals surface area contributed by atoms with E-state index in [1.165, 1.54) is 0 Å². The summed E-state index contributed by atoms with van der Waals surface area (Å²) in [7, 11) is 1.75. The molecule has 2 aromatic rings. The Morgan fingerprint density at radius 1 is 1.42 bits per heavy atom. The van der Waals surface area contributed by atoms with Gasteiger partial charge < -0.3 is 15.4 Å². The van der Waals surface area contributed by atoms with Crippen molar-refractivity contribution in [2.24, 2.45) is 12.0 Å². The minimum absolute atomic E-state index is 0.0820. The first-order valence-electron chi connectivity index (χ1n) is 5.63. The van der Waals surface area contributed by atoms with Gasteiger partial charge in [0.15, 0.2) is 0 Å². The van der Waals surface area contributed by atoms with Gasteiger partial charge in [0, 0.05) is 28.9 Å². The van der Waals surface area contributed by atoms with Crippen molar-refractivity contribution in [1.82, 2.24) is 9.55 Å². The number of hydrogen-bond acceptors (Lipinski definition) is 4. The van der Waals surface area contributed by atoms with Crippen LogP contribution in [0.5, 0.6) is 5.88 Å². The average Bonchev–Trinajstić information content (AvgIpc) is 2.88. The van der Waals surface area contributed by atoms with Crippen LogP contribution in [0, 0.1) is 0 Å². The lowest BCUT2D eigenvalue weighted by molar-refractivity contribution is 0.455. The number of imidazole rings is 1. The molecule has 0 saturated heterocycles. The molecule has 1 aliphatic heterocycles. The van der Waals surface area contributed by atoms with Crippen LogP contribution in [0.25, 0.3) is 11.6 Å². The van der Waals surface area contributed by atoms with Crippen molar-refractivity contribution in [2.45, 2.75) is 0 Å². The van der Waals surface area contributed by atoms with E-state index in [2.05, 4.69) is 25.9 Å². The van der Waals surface area contributed by atoms with Crippen molar-refractivity contribution in [1.29, 1.82) is 0 Å². The largest absolute Gasteiger partial charge is 0.492 e. The Hall–Kier alpha value is -2.08. The third kappa shape index (κ3) is 1.84. The molecule has 6 heteroatoms. The van der Waals surface area contributed by atoms with E-state index in [0.29, 0.717) is 5.69 Å². The SMILES string of the molecule is Cn1c(N)nc(O)c1C=C1C=Nc2cccc(Br)c21. The summed E-state index contributed by atoms with van der Waals surface area (Å²) in [5.41, 5.74) is 9.02. The number of aliphatic imine (C=N–C) groups is 1. The van der Waals surface area contributed by atoms with Gasteiger partial charge in [0.2, 0.25) is 11.8 Å². The van der Waals surface area contributed by atoms with E-state index >= 15 is 0 Å². The molecule has 0 aliphatic carbocycles. The number of fused-ring (bicyclic) bond motifs is 1. The molecule has 1 aliphatic rings. The third-order valence-electron chi connectivity index (χ3n) is 3.07. The molecule has 0 fully saturated rings. The second kappa shape index (κ2) is 4.24. The van der Waals surface area contributed by atoms with Crippen LogP contribution in [0.1, 0.15) is 11.3 Å². The zero-order valence-electron chi connectivity index (χ0n) is 10.1. The van der Waals surface area contributed by atoms with Gasteiger partial charge in [-0.25, -0.2) is 0 Å². The zero-order valence-corrected chi connectivity index (χ0v) is 11.7. The topological polar surface area (TPSA) is 76.4 Å². The summed E-state index contributed by atoms with van der Waals surface area (Å²) >= 11 is 3.51. The summed E-state index contributed by atoms with van der Waals surface area (Å²) in [4.78, 5) is 8.16. The summed E-state index contributed by atoms with van der Waals surface area (Å²) in [5.74, 6) is 0.188. The van der Waals surface area contributed by atoms with Crippen LogP contribution in [-0.2, 0) is 7.05 Å². The molecule has 1 aromatic carbocycles. The predicted molar refractivity (Wildman–Crippen MR) is 79.5 cm³/mol. The van der Waals surface area contributed by atoms with E-state index in [9.17, 15) is 5.11 Å². The van der Waals surface area contributed by atoms with E-state index in [1.807, 2.05) is 24.3 Å². The Morgan fingerprint density at radius 3 is 2.89 bits per heavy atom. The first-order valence-corrected chi connectivity index (χ1v) is 6.43. The van der Waals surface area contributed by atoms with Gasteiger partial charge in [-0.3, -0.25) is 4.99 Å². The van der Waals surface area contributed by atoms with Gasteiger partial charge in [-0.15, -0.1) is 0 Å². The molecule has 0 saturated carbocycles. The van der Waals surface area contributed by atoms with Gasteiger partial charge in [0.25, 0.3) is 0 Å². The van der Waals surface area contributed by atoms with Gasteiger partial charge in [0.05, 0.1) is 5.69 Å². The van der Waals surface area contributed by atoms with Crippen molar-refractivity contribution >= 4 is 45.4 Å². The quantitative estimate of drug-likeness (QED) is 0.848. The molecule has 2 heterocycles. The van der Waals surface area contributed by atoms with Crippen molar-refractivity contribution in [3.63, 3.8) is 0 Å². The van der Waals surface area contributed by atoms with E-state index in [-0.39, 0.29) is 11.8 Å². The van der Waals surface area contributed by atoms with E-state index in [1.54, 1.807) is 17.8 Å². The Kier molecular flexibility index (Phi) is 2.67. The van der Waals surface area contributed by atoms with Gasteiger partial charge in [-0.1, -0.05) is 22.0 Å². The molecular weight excluding hydrogens is 308 g/mol. The maximum atomic E-state index is 9.78. The molecule has 0 amide bonds. The minimum Gasteiger partial charge on any atom is -0.492 e. The van der Waals surface area contributed by atoms with Crippen LogP contribution in [0.15, 0.2) is 27.7 Å². The molecule has 1 aromatic heterocycles. The second-order valence-corrected chi connectivity index (χ2v) is 5.08. The van der Waals surface area contributed by atoms with Crippen molar-refractivity contribution in [2.75, 3.05) is 5.73 Å². The molecule has 0 radical (unpaired) electrons. The molecule has 5 nitrogen and oxygen atoms in total. The Balaban J connectivity index is 2.16. The molecule has 96 valence electrons. The van der Waals surface area contributed by atoms with Crippen LogP contribution >= 0.6 is 15.9 Å². The van der Waals surface area contributed by atoms with Crippen LogP contribution in [-0.4, -0.2) is 20.9 Å². The predicted octanol–water partition coefficient (Wildman–Crippen LogP) is 2.73. The number of benzene rings is 1. The molecule has 3 rings (SSSR count). The van der Waals surface area contributed by atoms with E-state index < -0.39 is 0 Å². The summed E-state index contributed by atoms with van der Waals surface area (Å²) in [5, 5.41) is 9.78. The number of nitrogen functional groups attached to an aromatic ring is 1. The summed E-state index contributed by atoms with van der Waals surface area (Å²) < 4.78 is 2.59. The molecular formula is C13H11BrN4O. The first kappa shape index (κ1) is 12.0. The molecule has 0 atom stereocenters. The lowest BCUT2D eigenvalue weighted by Gasteiger charge is -2.03. The van der Waals surface area contributed by atoms with Crippen molar-refractivity contribution in [3.8, 4) is 5.88 Å². The standard InChI is InChI=1S/C13H11BrN4O/c1-18-10(12(19)17-13(18)15)5-7-6-16-9-4-2-3-8(14)11(7)9/h2-6,19H,1H3,(H2,15,17). The van der Waals surface area contributed by atoms with Crippen molar-refractivity contribution in [3.05, 3.63) is 33.9 Å². The number of anilines is 1. The molecule has 0 unspecified atom stereocenters. The van der Waals surface area contributed by atoms with Crippen molar-refractivity contribution < 1.29 is 5.11 Å².